The molecule has 0 aliphatic heterocycles. The molecule has 0 amide bonds. The Morgan fingerprint density at radius 2 is 1.14 bits per heavy atom. The summed E-state index contributed by atoms with van der Waals surface area (Å²) in [7, 11) is 3.10. The molecule has 0 heterocycles. The van der Waals surface area contributed by atoms with E-state index in [9.17, 15) is 0 Å². The van der Waals surface area contributed by atoms with E-state index < -0.39 is 0 Å². The first kappa shape index (κ1) is 14.8. The fourth-order valence-corrected chi connectivity index (χ4v) is 0.910. The van der Waals surface area contributed by atoms with Crippen molar-refractivity contribution >= 4 is 11.4 Å². The van der Waals surface area contributed by atoms with Crippen LogP contribution >= 0.6 is 0 Å². The van der Waals surface area contributed by atoms with E-state index in [-0.39, 0.29) is 12.3 Å². The van der Waals surface area contributed by atoms with Crippen molar-refractivity contribution in [1.82, 2.24) is 12.3 Å². The largest absolute Gasteiger partial charge is 0.493 e. The van der Waals surface area contributed by atoms with Crippen LogP contribution in [0.2, 0.25) is 0 Å². The van der Waals surface area contributed by atoms with Gasteiger partial charge in [0.2, 0.25) is 0 Å². The van der Waals surface area contributed by atoms with Crippen LogP contribution in [0.15, 0.2) is 12.1 Å². The number of nitrogens with two attached hydrogens (primary N) is 2. The van der Waals surface area contributed by atoms with Gasteiger partial charge in [0, 0.05) is 12.1 Å². The van der Waals surface area contributed by atoms with E-state index in [0.717, 1.165) is 0 Å². The van der Waals surface area contributed by atoms with Crippen LogP contribution in [-0.2, 0) is 0 Å². The fraction of sp³-hybridized carbons (Fsp3) is 0.250. The van der Waals surface area contributed by atoms with Crippen LogP contribution in [0.3, 0.4) is 0 Å². The zero-order valence-corrected chi connectivity index (χ0v) is 8.54. The Bertz CT molecular complexity index is 262. The van der Waals surface area contributed by atoms with Crippen molar-refractivity contribution in [3.63, 3.8) is 0 Å². The van der Waals surface area contributed by atoms with Gasteiger partial charge in [-0.15, -0.1) is 0 Å². The molecular formula is C8H18N4O2. The molecule has 0 fully saturated rings. The molecule has 6 heteroatoms. The first-order valence-corrected chi connectivity index (χ1v) is 3.46. The lowest BCUT2D eigenvalue weighted by Crippen LogP contribution is -1.97. The van der Waals surface area contributed by atoms with Crippen molar-refractivity contribution in [2.24, 2.45) is 0 Å². The number of rotatable bonds is 2. The van der Waals surface area contributed by atoms with Crippen LogP contribution in [-0.4, -0.2) is 14.2 Å². The molecule has 0 bridgehead atoms. The van der Waals surface area contributed by atoms with E-state index in [0.29, 0.717) is 22.9 Å². The minimum absolute atomic E-state index is 0. The average Bonchev–Trinajstić information content (AvgIpc) is 2.09. The van der Waals surface area contributed by atoms with Crippen molar-refractivity contribution in [3.8, 4) is 11.5 Å². The third-order valence-electron chi connectivity index (χ3n) is 1.59. The van der Waals surface area contributed by atoms with Crippen LogP contribution in [0, 0.1) is 0 Å². The number of nitrogen functional groups attached to an aromatic ring is 2. The van der Waals surface area contributed by atoms with Gasteiger partial charge in [-0.2, -0.15) is 0 Å². The lowest BCUT2D eigenvalue weighted by molar-refractivity contribution is 0.355. The van der Waals surface area contributed by atoms with Gasteiger partial charge in [0.15, 0.2) is 11.5 Å². The summed E-state index contributed by atoms with van der Waals surface area (Å²) in [6.45, 7) is 0. The van der Waals surface area contributed by atoms with Crippen LogP contribution < -0.4 is 33.2 Å². The predicted molar refractivity (Wildman–Crippen MR) is 58.4 cm³/mol. The second kappa shape index (κ2) is 5.90. The SMILES string of the molecule is COc1cc(N)c(N)cc1OC.N.N. The second-order valence-electron chi connectivity index (χ2n) is 2.34. The van der Waals surface area contributed by atoms with Gasteiger partial charge >= 0.3 is 0 Å². The quantitative estimate of drug-likeness (QED) is 0.531. The molecule has 0 aliphatic rings. The molecule has 82 valence electrons. The highest BCUT2D eigenvalue weighted by molar-refractivity contribution is 5.69. The topological polar surface area (TPSA) is 140 Å². The molecule has 1 aromatic rings. The van der Waals surface area contributed by atoms with Gasteiger partial charge in [-0.3, -0.25) is 0 Å². The zero-order chi connectivity index (χ0) is 9.14. The number of methoxy groups -OCH3 is 2. The van der Waals surface area contributed by atoms with Gasteiger partial charge in [-0.25, -0.2) is 0 Å². The standard InChI is InChI=1S/C8H12N2O2.2H3N/c1-11-7-3-5(9)6(10)4-8(7)12-2;;/h3-4H,9-10H2,1-2H3;2*1H3. The lowest BCUT2D eigenvalue weighted by atomic mass is 10.2. The summed E-state index contributed by atoms with van der Waals surface area (Å²) in [4.78, 5) is 0. The molecule has 0 saturated carbocycles. The Labute approximate surface area is 83.3 Å². The monoisotopic (exact) mass is 202 g/mol. The van der Waals surface area contributed by atoms with E-state index in [1.807, 2.05) is 0 Å². The molecule has 0 saturated heterocycles. The number of hydrogen-bond acceptors (Lipinski definition) is 6. The van der Waals surface area contributed by atoms with Gasteiger partial charge in [0.1, 0.15) is 0 Å². The molecule has 14 heavy (non-hydrogen) atoms. The van der Waals surface area contributed by atoms with Crippen LogP contribution in [0.25, 0.3) is 0 Å². The summed E-state index contributed by atoms with van der Waals surface area (Å²) in [6, 6.07) is 3.27. The van der Waals surface area contributed by atoms with Crippen LogP contribution in [0.1, 0.15) is 0 Å². The third kappa shape index (κ3) is 2.68. The molecular weight excluding hydrogens is 184 g/mol. The summed E-state index contributed by atoms with van der Waals surface area (Å²) < 4.78 is 10.0. The van der Waals surface area contributed by atoms with Crippen molar-refractivity contribution in [3.05, 3.63) is 12.1 Å². The summed E-state index contributed by atoms with van der Waals surface area (Å²) in [5.41, 5.74) is 12.1. The van der Waals surface area contributed by atoms with Crippen LogP contribution in [0.5, 0.6) is 11.5 Å². The molecule has 0 radical (unpaired) electrons. The molecule has 1 aromatic carbocycles. The molecule has 0 unspecified atom stereocenters. The summed E-state index contributed by atoms with van der Waals surface area (Å²) in [5.74, 6) is 1.17. The van der Waals surface area contributed by atoms with Gasteiger partial charge < -0.3 is 33.2 Å². The Balaban J connectivity index is 0. The maximum absolute atomic E-state index is 5.56. The number of hydrogen-bond donors (Lipinski definition) is 4. The second-order valence-corrected chi connectivity index (χ2v) is 2.34. The van der Waals surface area contributed by atoms with E-state index in [2.05, 4.69) is 0 Å². The lowest BCUT2D eigenvalue weighted by Gasteiger charge is -2.09. The first-order valence-electron chi connectivity index (χ1n) is 3.46. The Hall–Kier alpha value is -1.66. The van der Waals surface area contributed by atoms with Crippen molar-refractivity contribution < 1.29 is 9.47 Å². The molecule has 0 aromatic heterocycles. The normalized spacial score (nSPS) is 8.14. The predicted octanol–water partition coefficient (Wildman–Crippen LogP) is 1.19. The zero-order valence-electron chi connectivity index (χ0n) is 8.54. The van der Waals surface area contributed by atoms with Gasteiger partial charge in [-0.1, -0.05) is 0 Å². The van der Waals surface area contributed by atoms with Gasteiger partial charge in [0.05, 0.1) is 25.6 Å². The molecule has 10 N–H and O–H groups in total. The summed E-state index contributed by atoms with van der Waals surface area (Å²) in [6.07, 6.45) is 0. The van der Waals surface area contributed by atoms with Crippen molar-refractivity contribution in [2.75, 3.05) is 25.7 Å². The summed E-state index contributed by atoms with van der Waals surface area (Å²) in [5, 5.41) is 0. The maximum atomic E-state index is 5.56. The fourth-order valence-electron chi connectivity index (χ4n) is 0.910. The van der Waals surface area contributed by atoms with E-state index in [4.69, 9.17) is 20.9 Å². The minimum atomic E-state index is 0. The average molecular weight is 202 g/mol. The maximum Gasteiger partial charge on any atom is 0.162 e. The van der Waals surface area contributed by atoms with Crippen molar-refractivity contribution in [1.29, 1.82) is 0 Å². The molecule has 0 atom stereocenters. The van der Waals surface area contributed by atoms with Crippen LogP contribution in [0.4, 0.5) is 11.4 Å². The smallest absolute Gasteiger partial charge is 0.162 e. The van der Waals surface area contributed by atoms with E-state index in [1.165, 1.54) is 0 Å². The Morgan fingerprint density at radius 3 is 1.36 bits per heavy atom. The number of ether oxygens (including phenoxy) is 2. The van der Waals surface area contributed by atoms with E-state index in [1.54, 1.807) is 26.4 Å². The van der Waals surface area contributed by atoms with Crippen molar-refractivity contribution in [2.45, 2.75) is 0 Å². The highest BCUT2D eigenvalue weighted by Gasteiger charge is 2.05. The highest BCUT2D eigenvalue weighted by atomic mass is 16.5. The number of benzene rings is 1. The number of anilines is 2. The molecule has 0 spiro atoms. The summed E-state index contributed by atoms with van der Waals surface area (Å²) >= 11 is 0. The van der Waals surface area contributed by atoms with Gasteiger partial charge in [0.25, 0.3) is 0 Å². The Morgan fingerprint density at radius 1 is 0.857 bits per heavy atom. The Kier molecular flexibility index (Phi) is 6.25. The minimum Gasteiger partial charge on any atom is -0.493 e. The molecule has 1 rings (SSSR count). The highest BCUT2D eigenvalue weighted by Crippen LogP contribution is 2.32. The van der Waals surface area contributed by atoms with Gasteiger partial charge in [-0.05, 0) is 0 Å². The first-order chi connectivity index (χ1) is 5.69. The molecule has 0 aliphatic carbocycles. The van der Waals surface area contributed by atoms with E-state index >= 15 is 0 Å². The molecule has 6 nitrogen and oxygen atoms in total. The third-order valence-corrected chi connectivity index (χ3v) is 1.59.